The molecule has 0 radical (unpaired) electrons. The van der Waals surface area contributed by atoms with Crippen LogP contribution >= 0.6 is 11.3 Å². The van der Waals surface area contributed by atoms with Gasteiger partial charge in [0.15, 0.2) is 5.78 Å². The third-order valence-electron chi connectivity index (χ3n) is 2.76. The van der Waals surface area contributed by atoms with Crippen LogP contribution < -0.4 is 4.74 Å². The number of ether oxygens (including phenoxy) is 1. The van der Waals surface area contributed by atoms with Gasteiger partial charge in [0.1, 0.15) is 18.2 Å². The molecule has 0 spiro atoms. The number of carbonyl (C=O) groups is 1. The van der Waals surface area contributed by atoms with Crippen molar-refractivity contribution in [2.75, 3.05) is 0 Å². The third-order valence-corrected chi connectivity index (χ3v) is 3.72. The van der Waals surface area contributed by atoms with E-state index in [4.69, 9.17) is 4.74 Å². The van der Waals surface area contributed by atoms with E-state index in [1.807, 2.05) is 5.38 Å². The lowest BCUT2D eigenvalue weighted by molar-refractivity contribution is 0.101. The predicted molar refractivity (Wildman–Crippen MR) is 76.8 cm³/mol. The topological polar surface area (TPSA) is 39.2 Å². The number of ketones is 1. The highest BCUT2D eigenvalue weighted by Gasteiger charge is 2.11. The number of hydrogen-bond donors (Lipinski definition) is 0. The molecule has 2 rings (SSSR count). The minimum absolute atomic E-state index is 0.218. The average molecular weight is 293 g/mol. The fourth-order valence-corrected chi connectivity index (χ4v) is 2.68. The minimum atomic E-state index is -0.443. The molecule has 0 aliphatic heterocycles. The lowest BCUT2D eigenvalue weighted by Gasteiger charge is -2.08. The maximum absolute atomic E-state index is 13.1. The van der Waals surface area contributed by atoms with Gasteiger partial charge in [-0.15, -0.1) is 11.3 Å². The molecule has 20 heavy (non-hydrogen) atoms. The van der Waals surface area contributed by atoms with Crippen LogP contribution in [0, 0.1) is 5.82 Å². The highest BCUT2D eigenvalue weighted by atomic mass is 32.1. The zero-order valence-electron chi connectivity index (χ0n) is 11.5. The smallest absolute Gasteiger partial charge is 0.163 e. The van der Waals surface area contributed by atoms with Crippen molar-refractivity contribution in [2.45, 2.75) is 33.3 Å². The van der Waals surface area contributed by atoms with Crippen molar-refractivity contribution in [1.29, 1.82) is 0 Å². The Hall–Kier alpha value is -1.75. The van der Waals surface area contributed by atoms with E-state index in [0.717, 1.165) is 23.5 Å². The molecule has 5 heteroatoms. The molecule has 0 saturated carbocycles. The number of rotatable bonds is 6. The van der Waals surface area contributed by atoms with Gasteiger partial charge < -0.3 is 4.74 Å². The first-order chi connectivity index (χ1) is 9.60. The number of hydrogen-bond acceptors (Lipinski definition) is 4. The van der Waals surface area contributed by atoms with Gasteiger partial charge in [-0.25, -0.2) is 9.37 Å². The highest BCUT2D eigenvalue weighted by Crippen LogP contribution is 2.22. The zero-order valence-corrected chi connectivity index (χ0v) is 12.3. The van der Waals surface area contributed by atoms with Crippen molar-refractivity contribution in [2.24, 2.45) is 0 Å². The number of thiazole rings is 1. The van der Waals surface area contributed by atoms with Crippen LogP contribution in [0.2, 0.25) is 0 Å². The van der Waals surface area contributed by atoms with Crippen molar-refractivity contribution >= 4 is 17.1 Å². The first-order valence-corrected chi connectivity index (χ1v) is 7.34. The van der Waals surface area contributed by atoms with Gasteiger partial charge in [0.2, 0.25) is 0 Å². The summed E-state index contributed by atoms with van der Waals surface area (Å²) in [5, 5.41) is 3.03. The summed E-state index contributed by atoms with van der Waals surface area (Å²) in [7, 11) is 0. The molecule has 0 atom stereocenters. The fourth-order valence-electron chi connectivity index (χ4n) is 1.80. The minimum Gasteiger partial charge on any atom is -0.487 e. The standard InChI is InChI=1S/C15H16FNO2S/c1-3-4-15-17-12(9-20-15)8-19-14-6-5-11(16)7-13(14)10(2)18/h5-7,9H,3-4,8H2,1-2H3. The van der Waals surface area contributed by atoms with Gasteiger partial charge in [0.25, 0.3) is 0 Å². The molecule has 1 heterocycles. The van der Waals surface area contributed by atoms with Gasteiger partial charge >= 0.3 is 0 Å². The first kappa shape index (κ1) is 14.7. The van der Waals surface area contributed by atoms with Crippen LogP contribution in [-0.4, -0.2) is 10.8 Å². The summed E-state index contributed by atoms with van der Waals surface area (Å²) in [5.74, 6) is -0.269. The molecule has 0 unspecified atom stereocenters. The Morgan fingerprint density at radius 1 is 1.45 bits per heavy atom. The van der Waals surface area contributed by atoms with E-state index in [1.54, 1.807) is 11.3 Å². The van der Waals surface area contributed by atoms with E-state index in [2.05, 4.69) is 11.9 Å². The van der Waals surface area contributed by atoms with Crippen LogP contribution in [0.1, 0.15) is 41.3 Å². The van der Waals surface area contributed by atoms with E-state index in [1.165, 1.54) is 25.1 Å². The quantitative estimate of drug-likeness (QED) is 0.755. The monoisotopic (exact) mass is 293 g/mol. The van der Waals surface area contributed by atoms with E-state index < -0.39 is 5.82 Å². The lowest BCUT2D eigenvalue weighted by Crippen LogP contribution is -2.02. The number of halogens is 1. The Kier molecular flexibility index (Phi) is 4.84. The Balaban J connectivity index is 2.08. The van der Waals surface area contributed by atoms with Crippen molar-refractivity contribution in [3.05, 3.63) is 45.7 Å². The third kappa shape index (κ3) is 3.63. The second kappa shape index (κ2) is 6.61. The summed E-state index contributed by atoms with van der Waals surface area (Å²) >= 11 is 1.60. The molecule has 3 nitrogen and oxygen atoms in total. The maximum Gasteiger partial charge on any atom is 0.163 e. The van der Waals surface area contributed by atoms with Crippen molar-refractivity contribution in [3.8, 4) is 5.75 Å². The summed E-state index contributed by atoms with van der Waals surface area (Å²) in [6.07, 6.45) is 2.01. The van der Waals surface area contributed by atoms with E-state index >= 15 is 0 Å². The summed E-state index contributed by atoms with van der Waals surface area (Å²) in [6.45, 7) is 3.78. The van der Waals surface area contributed by atoms with Crippen LogP contribution in [0.15, 0.2) is 23.6 Å². The Morgan fingerprint density at radius 2 is 2.25 bits per heavy atom. The Morgan fingerprint density at radius 3 is 2.95 bits per heavy atom. The number of nitrogens with zero attached hydrogens (tertiary/aromatic N) is 1. The fraction of sp³-hybridized carbons (Fsp3) is 0.333. The molecular weight excluding hydrogens is 277 g/mol. The van der Waals surface area contributed by atoms with Gasteiger partial charge in [0.05, 0.1) is 16.3 Å². The van der Waals surface area contributed by atoms with E-state index in [0.29, 0.717) is 5.75 Å². The molecule has 0 saturated heterocycles. The van der Waals surface area contributed by atoms with Crippen LogP contribution in [0.5, 0.6) is 5.75 Å². The average Bonchev–Trinajstić information content (AvgIpc) is 2.85. The van der Waals surface area contributed by atoms with Crippen LogP contribution in [-0.2, 0) is 13.0 Å². The van der Waals surface area contributed by atoms with Gasteiger partial charge in [-0.3, -0.25) is 4.79 Å². The summed E-state index contributed by atoms with van der Waals surface area (Å²) in [4.78, 5) is 15.9. The molecule has 0 fully saturated rings. The maximum atomic E-state index is 13.1. The number of aryl methyl sites for hydroxylation is 1. The SMILES string of the molecule is CCCc1nc(COc2ccc(F)cc2C(C)=O)cs1. The number of Topliss-reactive ketones (excluding diaryl/α,β-unsaturated/α-hetero) is 1. The zero-order chi connectivity index (χ0) is 14.5. The molecule has 1 aromatic heterocycles. The summed E-state index contributed by atoms with van der Waals surface area (Å²) in [6, 6.07) is 3.96. The molecule has 0 bridgehead atoms. The van der Waals surface area contributed by atoms with Crippen LogP contribution in [0.25, 0.3) is 0 Å². The van der Waals surface area contributed by atoms with Crippen LogP contribution in [0.4, 0.5) is 4.39 Å². The molecule has 106 valence electrons. The molecule has 0 aliphatic rings. The summed E-state index contributed by atoms with van der Waals surface area (Å²) in [5.41, 5.74) is 1.09. The molecule has 0 amide bonds. The highest BCUT2D eigenvalue weighted by molar-refractivity contribution is 7.09. The van der Waals surface area contributed by atoms with E-state index in [-0.39, 0.29) is 18.0 Å². The van der Waals surface area contributed by atoms with E-state index in [9.17, 15) is 9.18 Å². The molecule has 0 N–H and O–H groups in total. The summed E-state index contributed by atoms with van der Waals surface area (Å²) < 4.78 is 18.7. The molecule has 0 aliphatic carbocycles. The van der Waals surface area contributed by atoms with Crippen LogP contribution in [0.3, 0.4) is 0 Å². The molecular formula is C15H16FNO2S. The van der Waals surface area contributed by atoms with Crippen molar-refractivity contribution in [1.82, 2.24) is 4.98 Å². The lowest BCUT2D eigenvalue weighted by atomic mass is 10.1. The second-order valence-electron chi connectivity index (χ2n) is 4.47. The van der Waals surface area contributed by atoms with Gasteiger partial charge in [-0.05, 0) is 38.0 Å². The van der Waals surface area contributed by atoms with Crippen molar-refractivity contribution < 1.29 is 13.9 Å². The normalized spacial score (nSPS) is 10.6. The Bertz CT molecular complexity index is 610. The van der Waals surface area contributed by atoms with Crippen molar-refractivity contribution in [3.63, 3.8) is 0 Å². The molecule has 2 aromatic rings. The molecule has 1 aromatic carbocycles. The predicted octanol–water partition coefficient (Wildman–Crippen LogP) is 4.02. The number of aromatic nitrogens is 1. The van der Waals surface area contributed by atoms with Gasteiger partial charge in [-0.1, -0.05) is 6.92 Å². The van der Waals surface area contributed by atoms with Gasteiger partial charge in [-0.2, -0.15) is 0 Å². The number of carbonyl (C=O) groups excluding carboxylic acids is 1. The number of benzene rings is 1. The second-order valence-corrected chi connectivity index (χ2v) is 5.41. The largest absolute Gasteiger partial charge is 0.487 e. The van der Waals surface area contributed by atoms with Gasteiger partial charge in [0, 0.05) is 5.38 Å². The Labute approximate surface area is 121 Å². The first-order valence-electron chi connectivity index (χ1n) is 6.46.